The lowest BCUT2D eigenvalue weighted by Crippen LogP contribution is -2.15. The summed E-state index contributed by atoms with van der Waals surface area (Å²) in [5.74, 6) is 0.227. The van der Waals surface area contributed by atoms with Crippen molar-refractivity contribution >= 4 is 17.2 Å². The van der Waals surface area contributed by atoms with Crippen LogP contribution in [0.1, 0.15) is 30.2 Å². The van der Waals surface area contributed by atoms with E-state index in [4.69, 9.17) is 16.3 Å². The number of H-pyrrole nitrogens is 1. The molecule has 122 valence electrons. The SMILES string of the molecule is CCCc1cc(=O)n2[nH]c(OCc3ccc(Cl)cc3)c(C#N)c2n1. The van der Waals surface area contributed by atoms with E-state index < -0.39 is 0 Å². The second-order valence-corrected chi connectivity index (χ2v) is 5.77. The van der Waals surface area contributed by atoms with Gasteiger partial charge in [-0.05, 0) is 24.1 Å². The first-order valence-corrected chi connectivity index (χ1v) is 7.92. The highest BCUT2D eigenvalue weighted by Gasteiger charge is 2.16. The summed E-state index contributed by atoms with van der Waals surface area (Å²) in [6, 6.07) is 10.7. The fraction of sp³-hybridized carbons (Fsp3) is 0.235. The maximum absolute atomic E-state index is 12.2. The number of aromatic amines is 1. The molecule has 1 aromatic carbocycles. The van der Waals surface area contributed by atoms with Crippen molar-refractivity contribution in [3.05, 3.63) is 62.5 Å². The van der Waals surface area contributed by atoms with E-state index in [1.165, 1.54) is 10.6 Å². The van der Waals surface area contributed by atoms with Gasteiger partial charge >= 0.3 is 0 Å². The number of benzene rings is 1. The van der Waals surface area contributed by atoms with Gasteiger partial charge in [-0.1, -0.05) is 37.1 Å². The van der Waals surface area contributed by atoms with Crippen LogP contribution >= 0.6 is 11.6 Å². The summed E-state index contributed by atoms with van der Waals surface area (Å²) in [6.07, 6.45) is 1.55. The van der Waals surface area contributed by atoms with Crippen molar-refractivity contribution in [2.45, 2.75) is 26.4 Å². The third-order valence-corrected chi connectivity index (χ3v) is 3.80. The highest BCUT2D eigenvalue weighted by Crippen LogP contribution is 2.21. The Bertz CT molecular complexity index is 967. The highest BCUT2D eigenvalue weighted by molar-refractivity contribution is 6.30. The molecule has 0 atom stereocenters. The second-order valence-electron chi connectivity index (χ2n) is 5.34. The molecule has 0 saturated heterocycles. The van der Waals surface area contributed by atoms with Crippen LogP contribution in [-0.4, -0.2) is 14.6 Å². The van der Waals surface area contributed by atoms with E-state index in [9.17, 15) is 10.1 Å². The molecule has 2 heterocycles. The number of rotatable bonds is 5. The summed E-state index contributed by atoms with van der Waals surface area (Å²) in [7, 11) is 0. The number of nitrogens with one attached hydrogen (secondary N) is 1. The zero-order valence-corrected chi connectivity index (χ0v) is 13.8. The molecule has 7 heteroatoms. The lowest BCUT2D eigenvalue weighted by Gasteiger charge is -2.03. The van der Waals surface area contributed by atoms with Crippen LogP contribution in [0.3, 0.4) is 0 Å². The van der Waals surface area contributed by atoms with Crippen molar-refractivity contribution in [3.8, 4) is 11.9 Å². The van der Waals surface area contributed by atoms with Gasteiger partial charge in [-0.15, -0.1) is 0 Å². The first-order valence-electron chi connectivity index (χ1n) is 7.54. The number of aromatic nitrogens is 3. The summed E-state index contributed by atoms with van der Waals surface area (Å²) in [4.78, 5) is 16.6. The third-order valence-electron chi connectivity index (χ3n) is 3.55. The third kappa shape index (κ3) is 3.12. The molecule has 0 spiro atoms. The molecule has 0 unspecified atom stereocenters. The van der Waals surface area contributed by atoms with Crippen LogP contribution in [0, 0.1) is 11.3 Å². The molecule has 0 aliphatic carbocycles. The van der Waals surface area contributed by atoms with Gasteiger partial charge in [0.2, 0.25) is 5.88 Å². The molecule has 0 radical (unpaired) electrons. The maximum atomic E-state index is 12.2. The number of nitrogens with zero attached hydrogens (tertiary/aromatic N) is 3. The molecule has 3 aromatic rings. The Morgan fingerprint density at radius 2 is 2.12 bits per heavy atom. The Kier molecular flexibility index (Phi) is 4.54. The van der Waals surface area contributed by atoms with Crippen molar-refractivity contribution in [1.82, 2.24) is 14.6 Å². The monoisotopic (exact) mass is 342 g/mol. The number of hydrogen-bond donors (Lipinski definition) is 1. The lowest BCUT2D eigenvalue weighted by molar-refractivity contribution is 0.291. The normalized spacial score (nSPS) is 10.7. The largest absolute Gasteiger partial charge is 0.472 e. The molecule has 0 amide bonds. The number of ether oxygens (including phenoxy) is 1. The van der Waals surface area contributed by atoms with Gasteiger partial charge in [-0.2, -0.15) is 9.78 Å². The summed E-state index contributed by atoms with van der Waals surface area (Å²) < 4.78 is 6.90. The Hall–Kier alpha value is -2.78. The van der Waals surface area contributed by atoms with Gasteiger partial charge in [0.15, 0.2) is 11.2 Å². The Morgan fingerprint density at radius 3 is 2.79 bits per heavy atom. The molecule has 24 heavy (non-hydrogen) atoms. The number of aryl methyl sites for hydroxylation is 1. The van der Waals surface area contributed by atoms with Gasteiger partial charge < -0.3 is 4.74 Å². The molecular formula is C17H15ClN4O2. The summed E-state index contributed by atoms with van der Waals surface area (Å²) in [6.45, 7) is 2.25. The van der Waals surface area contributed by atoms with Gasteiger partial charge in [0, 0.05) is 16.8 Å². The predicted octanol–water partition coefficient (Wildman–Crippen LogP) is 3.08. The standard InChI is InChI=1S/C17H15ClN4O2/c1-2-3-13-8-15(23)22-16(20-13)14(9-19)17(21-22)24-10-11-4-6-12(18)7-5-11/h4-8,21H,2-3,10H2,1H3. The number of hydrogen-bond acceptors (Lipinski definition) is 4. The van der Waals surface area contributed by atoms with Crippen LogP contribution < -0.4 is 10.3 Å². The quantitative estimate of drug-likeness (QED) is 0.772. The number of nitriles is 1. The zero-order chi connectivity index (χ0) is 17.1. The van der Waals surface area contributed by atoms with Crippen LogP contribution in [0.5, 0.6) is 5.88 Å². The minimum absolute atomic E-state index is 0.221. The van der Waals surface area contributed by atoms with Gasteiger partial charge in [0.1, 0.15) is 12.7 Å². The first kappa shape index (κ1) is 16.1. The molecule has 0 bridgehead atoms. The molecule has 0 saturated carbocycles. The van der Waals surface area contributed by atoms with E-state index in [1.807, 2.05) is 19.1 Å². The van der Waals surface area contributed by atoms with Crippen molar-refractivity contribution in [2.24, 2.45) is 0 Å². The van der Waals surface area contributed by atoms with Crippen LogP contribution in [0.2, 0.25) is 5.02 Å². The van der Waals surface area contributed by atoms with E-state index in [1.54, 1.807) is 12.1 Å². The van der Waals surface area contributed by atoms with E-state index in [0.717, 1.165) is 12.0 Å². The molecule has 1 N–H and O–H groups in total. The van der Waals surface area contributed by atoms with Gasteiger partial charge in [0.05, 0.1) is 0 Å². The van der Waals surface area contributed by atoms with Crippen molar-refractivity contribution in [3.63, 3.8) is 0 Å². The molecule has 6 nitrogen and oxygen atoms in total. The van der Waals surface area contributed by atoms with Crippen LogP contribution in [0.4, 0.5) is 0 Å². The Labute approximate surface area is 143 Å². The minimum Gasteiger partial charge on any atom is -0.472 e. The molecule has 2 aromatic heterocycles. The Morgan fingerprint density at radius 1 is 1.38 bits per heavy atom. The smallest absolute Gasteiger partial charge is 0.273 e. The van der Waals surface area contributed by atoms with Crippen LogP contribution in [-0.2, 0) is 13.0 Å². The molecule has 0 aliphatic heterocycles. The number of halogens is 1. The average Bonchev–Trinajstić information content (AvgIpc) is 2.93. The molecule has 3 rings (SSSR count). The van der Waals surface area contributed by atoms with Crippen molar-refractivity contribution in [1.29, 1.82) is 5.26 Å². The van der Waals surface area contributed by atoms with Crippen molar-refractivity contribution in [2.75, 3.05) is 0 Å². The Balaban J connectivity index is 1.96. The maximum Gasteiger partial charge on any atom is 0.273 e. The first-order chi connectivity index (χ1) is 11.6. The van der Waals surface area contributed by atoms with Gasteiger partial charge in [0.25, 0.3) is 5.56 Å². The van der Waals surface area contributed by atoms with E-state index in [-0.39, 0.29) is 23.6 Å². The van der Waals surface area contributed by atoms with E-state index in [0.29, 0.717) is 22.8 Å². The lowest BCUT2D eigenvalue weighted by atomic mass is 10.2. The van der Waals surface area contributed by atoms with Gasteiger partial charge in [-0.25, -0.2) is 4.98 Å². The molecular weight excluding hydrogens is 328 g/mol. The highest BCUT2D eigenvalue weighted by atomic mass is 35.5. The second kappa shape index (κ2) is 6.77. The van der Waals surface area contributed by atoms with E-state index >= 15 is 0 Å². The van der Waals surface area contributed by atoms with Gasteiger partial charge in [-0.3, -0.25) is 9.89 Å². The van der Waals surface area contributed by atoms with Crippen molar-refractivity contribution < 1.29 is 4.74 Å². The fourth-order valence-electron chi connectivity index (χ4n) is 2.39. The molecule has 0 aliphatic rings. The molecule has 0 fully saturated rings. The van der Waals surface area contributed by atoms with Crippen LogP contribution in [0.25, 0.3) is 5.65 Å². The summed E-state index contributed by atoms with van der Waals surface area (Å²) >= 11 is 5.85. The number of fused-ring (bicyclic) bond motifs is 1. The topological polar surface area (TPSA) is 83.2 Å². The van der Waals surface area contributed by atoms with E-state index in [2.05, 4.69) is 16.2 Å². The predicted molar refractivity (Wildman–Crippen MR) is 90.3 cm³/mol. The zero-order valence-electron chi connectivity index (χ0n) is 13.0. The average molecular weight is 343 g/mol. The summed E-state index contributed by atoms with van der Waals surface area (Å²) in [5, 5.41) is 12.9. The fourth-order valence-corrected chi connectivity index (χ4v) is 2.52. The van der Waals surface area contributed by atoms with Crippen LogP contribution in [0.15, 0.2) is 35.1 Å². The minimum atomic E-state index is -0.263. The summed E-state index contributed by atoms with van der Waals surface area (Å²) in [5.41, 5.74) is 1.82.